The van der Waals surface area contributed by atoms with E-state index >= 15 is 0 Å². The van der Waals surface area contributed by atoms with Gasteiger partial charge in [0.15, 0.2) is 6.29 Å². The first-order valence-electron chi connectivity index (χ1n) is 11.5. The van der Waals surface area contributed by atoms with Gasteiger partial charge in [0.25, 0.3) is 0 Å². The Bertz CT molecular complexity index is 781. The average Bonchev–Trinajstić information content (AvgIpc) is 3.11. The summed E-state index contributed by atoms with van der Waals surface area (Å²) in [5.74, 6) is -0.895. The number of hydrogen-bond acceptors (Lipinski definition) is 6. The number of hydrogen-bond donors (Lipinski definition) is 1. The molecule has 1 N–H and O–H groups in total. The molecule has 1 unspecified atom stereocenters. The molecule has 0 bridgehead atoms. The van der Waals surface area contributed by atoms with E-state index in [-0.39, 0.29) is 29.1 Å². The lowest BCUT2D eigenvalue weighted by Gasteiger charge is -2.59. The summed E-state index contributed by atoms with van der Waals surface area (Å²) in [4.78, 5) is 25.5. The zero-order valence-corrected chi connectivity index (χ0v) is 19.9. The predicted octanol–water partition coefficient (Wildman–Crippen LogP) is 4.17. The number of esters is 2. The second-order valence-electron chi connectivity index (χ2n) is 10.4. The lowest BCUT2D eigenvalue weighted by molar-refractivity contribution is -0.223. The van der Waals surface area contributed by atoms with E-state index in [4.69, 9.17) is 14.2 Å². The van der Waals surface area contributed by atoms with E-state index in [0.29, 0.717) is 25.0 Å². The van der Waals surface area contributed by atoms with Gasteiger partial charge in [-0.05, 0) is 50.0 Å². The third-order valence-corrected chi connectivity index (χ3v) is 8.11. The van der Waals surface area contributed by atoms with E-state index < -0.39 is 29.9 Å². The van der Waals surface area contributed by atoms with Gasteiger partial charge in [0.2, 0.25) is 0 Å². The summed E-state index contributed by atoms with van der Waals surface area (Å²) in [6.45, 7) is 14.1. The summed E-state index contributed by atoms with van der Waals surface area (Å²) < 4.78 is 17.6. The molecule has 0 aromatic heterocycles. The molecule has 1 saturated carbocycles. The Morgan fingerprint density at radius 1 is 1.32 bits per heavy atom. The number of aliphatic hydroxyl groups is 1. The Morgan fingerprint density at radius 3 is 2.61 bits per heavy atom. The van der Waals surface area contributed by atoms with Gasteiger partial charge >= 0.3 is 11.9 Å². The predicted molar refractivity (Wildman–Crippen MR) is 117 cm³/mol. The van der Waals surface area contributed by atoms with Crippen LogP contribution in [-0.4, -0.2) is 42.1 Å². The Morgan fingerprint density at radius 2 is 2.00 bits per heavy atom. The minimum Gasteiger partial charge on any atom is -0.458 e. The molecule has 1 saturated heterocycles. The van der Waals surface area contributed by atoms with Crippen LogP contribution in [0.3, 0.4) is 0 Å². The van der Waals surface area contributed by atoms with E-state index in [9.17, 15) is 14.7 Å². The van der Waals surface area contributed by atoms with Gasteiger partial charge < -0.3 is 19.3 Å². The molecule has 0 aromatic carbocycles. The van der Waals surface area contributed by atoms with Gasteiger partial charge in [-0.25, -0.2) is 4.79 Å². The molecule has 0 radical (unpaired) electrons. The summed E-state index contributed by atoms with van der Waals surface area (Å²) in [6.07, 6.45) is 3.88. The molecule has 31 heavy (non-hydrogen) atoms. The Balaban J connectivity index is 2.01. The van der Waals surface area contributed by atoms with Gasteiger partial charge in [0, 0.05) is 16.9 Å². The molecule has 0 spiro atoms. The number of ether oxygens (including phenoxy) is 3. The molecule has 6 heteroatoms. The van der Waals surface area contributed by atoms with E-state index in [1.165, 1.54) is 0 Å². The first-order valence-corrected chi connectivity index (χ1v) is 11.5. The topological polar surface area (TPSA) is 82.1 Å². The normalized spacial score (nSPS) is 37.9. The summed E-state index contributed by atoms with van der Waals surface area (Å²) >= 11 is 0. The fraction of sp³-hybridized carbons (Fsp3) is 0.760. The Kier molecular flexibility index (Phi) is 6.73. The zero-order chi connectivity index (χ0) is 23.1. The lowest BCUT2D eigenvalue weighted by Crippen LogP contribution is -2.62. The van der Waals surface area contributed by atoms with E-state index in [1.807, 2.05) is 13.8 Å². The molecular weight excluding hydrogens is 396 g/mol. The maximum Gasteiger partial charge on any atom is 0.333 e. The fourth-order valence-electron chi connectivity index (χ4n) is 5.97. The standard InChI is InChI=1S/C25H38O6/c1-8-14(3)21(26)30-17-12-25(7)18(11-10-16-13-29-23(28)19(16)25)24(5,6)20(17)31-22(27)15(4)9-2/h8,10,15,17-20,23,28H,9,11-13H2,1-7H3/b14-8-/t15?,17-,18+,19-,20+,23-,25+/m1/s1. The quantitative estimate of drug-likeness (QED) is 0.397. The van der Waals surface area contributed by atoms with Crippen molar-refractivity contribution in [1.82, 2.24) is 0 Å². The second kappa shape index (κ2) is 8.70. The molecule has 1 aliphatic heterocycles. The van der Waals surface area contributed by atoms with Crippen LogP contribution in [0.25, 0.3) is 0 Å². The minimum absolute atomic E-state index is 0.137. The van der Waals surface area contributed by atoms with Gasteiger partial charge in [-0.1, -0.05) is 46.8 Å². The number of rotatable bonds is 5. The zero-order valence-electron chi connectivity index (χ0n) is 19.9. The third-order valence-electron chi connectivity index (χ3n) is 8.11. The molecule has 0 aromatic rings. The van der Waals surface area contributed by atoms with Crippen molar-refractivity contribution >= 4 is 11.9 Å². The van der Waals surface area contributed by atoms with Crippen molar-refractivity contribution in [3.05, 3.63) is 23.3 Å². The molecule has 6 nitrogen and oxygen atoms in total. The van der Waals surface area contributed by atoms with Crippen LogP contribution in [0.5, 0.6) is 0 Å². The number of aliphatic hydroxyl groups excluding tert-OH is 1. The van der Waals surface area contributed by atoms with E-state index in [1.54, 1.807) is 19.9 Å². The molecule has 1 heterocycles. The van der Waals surface area contributed by atoms with Gasteiger partial charge in [0.1, 0.15) is 12.2 Å². The number of carbonyl (C=O) groups excluding carboxylic acids is 2. The van der Waals surface area contributed by atoms with Crippen molar-refractivity contribution in [2.75, 3.05) is 6.61 Å². The van der Waals surface area contributed by atoms with Gasteiger partial charge in [-0.3, -0.25) is 4.79 Å². The first-order chi connectivity index (χ1) is 14.5. The van der Waals surface area contributed by atoms with Crippen LogP contribution in [0.4, 0.5) is 0 Å². The highest BCUT2D eigenvalue weighted by atomic mass is 16.6. The number of fused-ring (bicyclic) bond motifs is 3. The van der Waals surface area contributed by atoms with Crippen molar-refractivity contribution in [3.63, 3.8) is 0 Å². The van der Waals surface area contributed by atoms with Crippen LogP contribution < -0.4 is 0 Å². The Hall–Kier alpha value is -1.66. The maximum absolute atomic E-state index is 12.8. The molecule has 0 amide bonds. The highest BCUT2D eigenvalue weighted by molar-refractivity contribution is 5.87. The summed E-state index contributed by atoms with van der Waals surface area (Å²) in [7, 11) is 0. The maximum atomic E-state index is 12.8. The van der Waals surface area contributed by atoms with Crippen molar-refractivity contribution in [2.24, 2.45) is 28.6 Å². The summed E-state index contributed by atoms with van der Waals surface area (Å²) in [5.41, 5.74) is 0.824. The highest BCUT2D eigenvalue weighted by Crippen LogP contribution is 2.62. The van der Waals surface area contributed by atoms with E-state index in [2.05, 4.69) is 26.8 Å². The van der Waals surface area contributed by atoms with Gasteiger partial charge in [-0.2, -0.15) is 0 Å². The fourth-order valence-corrected chi connectivity index (χ4v) is 5.97. The SMILES string of the molecule is C/C=C(/C)C(=O)O[C@@H]1C[C@]2(C)[C@@H]3C(=CC[C@H]2C(C)(C)[C@H]1OC(=O)C(C)CC)CO[C@H]3O. The monoisotopic (exact) mass is 434 g/mol. The molecule has 2 aliphatic carbocycles. The van der Waals surface area contributed by atoms with Crippen LogP contribution >= 0.6 is 0 Å². The summed E-state index contributed by atoms with van der Waals surface area (Å²) in [6, 6.07) is 0. The average molecular weight is 435 g/mol. The second-order valence-corrected chi connectivity index (χ2v) is 10.4. The first kappa shape index (κ1) is 24.0. The van der Waals surface area contributed by atoms with Crippen LogP contribution in [0.15, 0.2) is 23.3 Å². The molecule has 174 valence electrons. The van der Waals surface area contributed by atoms with Crippen molar-refractivity contribution in [2.45, 2.75) is 86.2 Å². The van der Waals surface area contributed by atoms with Crippen molar-refractivity contribution in [3.8, 4) is 0 Å². The molecular formula is C25H38O6. The minimum atomic E-state index is -0.873. The number of carbonyl (C=O) groups is 2. The van der Waals surface area contributed by atoms with Crippen molar-refractivity contribution in [1.29, 1.82) is 0 Å². The highest BCUT2D eigenvalue weighted by Gasteiger charge is 2.63. The largest absolute Gasteiger partial charge is 0.458 e. The van der Waals surface area contributed by atoms with Crippen LogP contribution in [-0.2, 0) is 23.8 Å². The van der Waals surface area contributed by atoms with Crippen LogP contribution in [0.2, 0.25) is 0 Å². The summed E-state index contributed by atoms with van der Waals surface area (Å²) in [5, 5.41) is 10.6. The van der Waals surface area contributed by atoms with Gasteiger partial charge in [0.05, 0.1) is 12.5 Å². The molecule has 7 atom stereocenters. The van der Waals surface area contributed by atoms with Crippen LogP contribution in [0.1, 0.15) is 67.7 Å². The number of allylic oxidation sites excluding steroid dienone is 2. The van der Waals surface area contributed by atoms with Crippen LogP contribution in [0, 0.1) is 28.6 Å². The van der Waals surface area contributed by atoms with Crippen molar-refractivity contribution < 1.29 is 28.9 Å². The lowest BCUT2D eigenvalue weighted by atomic mass is 9.47. The smallest absolute Gasteiger partial charge is 0.333 e. The van der Waals surface area contributed by atoms with Gasteiger partial charge in [-0.15, -0.1) is 0 Å². The van der Waals surface area contributed by atoms with E-state index in [0.717, 1.165) is 12.0 Å². The third kappa shape index (κ3) is 4.09. The molecule has 3 rings (SSSR count). The molecule has 3 aliphatic rings. The Labute approximate surface area is 186 Å². The molecule has 2 fully saturated rings.